The number of benzene rings is 1. The highest BCUT2D eigenvalue weighted by atomic mass is 35.5. The van der Waals surface area contributed by atoms with Gasteiger partial charge in [-0.2, -0.15) is 0 Å². The number of anilines is 1. The summed E-state index contributed by atoms with van der Waals surface area (Å²) >= 11 is 5.85. The summed E-state index contributed by atoms with van der Waals surface area (Å²) in [5.74, 6) is -0.659. The monoisotopic (exact) mass is 353 g/mol. The molecule has 0 bridgehead atoms. The minimum atomic E-state index is -0.393. The van der Waals surface area contributed by atoms with Crippen molar-refractivity contribution in [2.45, 2.75) is 13.3 Å². The molecule has 0 saturated carbocycles. The average Bonchev–Trinajstić information content (AvgIpc) is 2.55. The van der Waals surface area contributed by atoms with Crippen molar-refractivity contribution < 1.29 is 19.1 Å². The number of hydrogen-bond donors (Lipinski definition) is 1. The van der Waals surface area contributed by atoms with Crippen molar-refractivity contribution in [2.24, 2.45) is 0 Å². The van der Waals surface area contributed by atoms with E-state index in [-0.39, 0.29) is 18.4 Å². The fourth-order valence-electron chi connectivity index (χ4n) is 2.37. The third-order valence-corrected chi connectivity index (χ3v) is 3.81. The lowest BCUT2D eigenvalue weighted by Gasteiger charge is -2.34. The van der Waals surface area contributed by atoms with Crippen LogP contribution >= 0.6 is 11.6 Å². The molecular formula is C16H20ClN3O4. The van der Waals surface area contributed by atoms with Crippen molar-refractivity contribution in [3.8, 4) is 0 Å². The number of nitrogens with one attached hydrogen (secondary N) is 1. The van der Waals surface area contributed by atoms with E-state index in [0.717, 1.165) is 0 Å². The summed E-state index contributed by atoms with van der Waals surface area (Å²) in [6, 6.07) is 6.73. The molecule has 24 heavy (non-hydrogen) atoms. The van der Waals surface area contributed by atoms with E-state index in [1.807, 2.05) is 0 Å². The van der Waals surface area contributed by atoms with Crippen molar-refractivity contribution in [1.82, 2.24) is 9.80 Å². The normalized spacial score (nSPS) is 14.2. The Morgan fingerprint density at radius 2 is 1.83 bits per heavy atom. The van der Waals surface area contributed by atoms with E-state index in [4.69, 9.17) is 16.3 Å². The number of piperazine rings is 1. The molecule has 1 heterocycles. The Morgan fingerprint density at radius 1 is 1.17 bits per heavy atom. The topological polar surface area (TPSA) is 79.0 Å². The lowest BCUT2D eigenvalue weighted by Crippen LogP contribution is -2.51. The van der Waals surface area contributed by atoms with E-state index in [1.54, 1.807) is 41.0 Å². The second kappa shape index (κ2) is 8.54. The van der Waals surface area contributed by atoms with Crippen LogP contribution in [0.4, 0.5) is 10.5 Å². The van der Waals surface area contributed by atoms with Crippen molar-refractivity contribution in [3.63, 3.8) is 0 Å². The summed E-state index contributed by atoms with van der Waals surface area (Å²) in [7, 11) is 0. The maximum Gasteiger partial charge on any atom is 0.409 e. The number of rotatable bonds is 4. The zero-order chi connectivity index (χ0) is 17.5. The second-order valence-electron chi connectivity index (χ2n) is 5.30. The van der Waals surface area contributed by atoms with Gasteiger partial charge in [0.2, 0.25) is 11.8 Å². The van der Waals surface area contributed by atoms with Gasteiger partial charge in [-0.3, -0.25) is 9.59 Å². The molecule has 0 aliphatic carbocycles. The van der Waals surface area contributed by atoms with E-state index in [1.165, 1.54) is 0 Å². The summed E-state index contributed by atoms with van der Waals surface area (Å²) in [6.07, 6.45) is -0.616. The first-order valence-electron chi connectivity index (χ1n) is 7.74. The van der Waals surface area contributed by atoms with E-state index < -0.39 is 5.91 Å². The van der Waals surface area contributed by atoms with Gasteiger partial charge in [-0.15, -0.1) is 0 Å². The smallest absolute Gasteiger partial charge is 0.409 e. The average molecular weight is 354 g/mol. The van der Waals surface area contributed by atoms with Gasteiger partial charge < -0.3 is 19.9 Å². The molecule has 1 saturated heterocycles. The molecular weight excluding hydrogens is 334 g/mol. The molecule has 1 aliphatic heterocycles. The van der Waals surface area contributed by atoms with Gasteiger partial charge in [-0.05, 0) is 25.1 Å². The molecule has 1 fully saturated rings. The lowest BCUT2D eigenvalue weighted by atomic mass is 10.2. The van der Waals surface area contributed by atoms with Crippen LogP contribution in [-0.4, -0.2) is 60.5 Å². The van der Waals surface area contributed by atoms with Crippen LogP contribution in [0.2, 0.25) is 5.02 Å². The molecule has 1 aliphatic rings. The van der Waals surface area contributed by atoms with Crippen molar-refractivity contribution in [2.75, 3.05) is 38.1 Å². The van der Waals surface area contributed by atoms with Crippen LogP contribution in [0.3, 0.4) is 0 Å². The first-order chi connectivity index (χ1) is 11.5. The van der Waals surface area contributed by atoms with E-state index in [2.05, 4.69) is 5.32 Å². The van der Waals surface area contributed by atoms with Gasteiger partial charge in [-0.25, -0.2) is 4.79 Å². The summed E-state index contributed by atoms with van der Waals surface area (Å²) in [5, 5.41) is 3.15. The standard InChI is InChI=1S/C16H20ClN3O4/c1-2-24-16(23)20-8-6-19(7-9-20)15(22)11-14(21)18-13-5-3-4-12(17)10-13/h3-5,10H,2,6-9,11H2,1H3,(H,18,21). The van der Waals surface area contributed by atoms with E-state index >= 15 is 0 Å². The third-order valence-electron chi connectivity index (χ3n) is 3.58. The van der Waals surface area contributed by atoms with Crippen molar-refractivity contribution >= 4 is 35.2 Å². The van der Waals surface area contributed by atoms with E-state index in [0.29, 0.717) is 43.5 Å². The van der Waals surface area contributed by atoms with Crippen LogP contribution in [0.1, 0.15) is 13.3 Å². The fourth-order valence-corrected chi connectivity index (χ4v) is 2.56. The Bertz CT molecular complexity index is 615. The third kappa shape index (κ3) is 5.13. The molecule has 1 aromatic rings. The Kier molecular flexibility index (Phi) is 6.43. The quantitative estimate of drug-likeness (QED) is 0.839. The summed E-state index contributed by atoms with van der Waals surface area (Å²) in [6.45, 7) is 3.66. The lowest BCUT2D eigenvalue weighted by molar-refractivity contribution is -0.135. The van der Waals surface area contributed by atoms with Gasteiger partial charge in [0.1, 0.15) is 6.42 Å². The number of ether oxygens (including phenoxy) is 1. The fraction of sp³-hybridized carbons (Fsp3) is 0.438. The number of halogens is 1. The number of carbonyl (C=O) groups excluding carboxylic acids is 3. The van der Waals surface area contributed by atoms with E-state index in [9.17, 15) is 14.4 Å². The first kappa shape index (κ1) is 18.1. The molecule has 0 unspecified atom stereocenters. The zero-order valence-corrected chi connectivity index (χ0v) is 14.2. The predicted molar refractivity (Wildman–Crippen MR) is 89.9 cm³/mol. The summed E-state index contributed by atoms with van der Waals surface area (Å²) in [4.78, 5) is 38.9. The number of nitrogens with zero attached hydrogens (tertiary/aromatic N) is 2. The maximum absolute atomic E-state index is 12.2. The largest absolute Gasteiger partial charge is 0.450 e. The molecule has 1 N–H and O–H groups in total. The maximum atomic E-state index is 12.2. The molecule has 0 aromatic heterocycles. The van der Waals surface area contributed by atoms with Crippen LogP contribution in [0.15, 0.2) is 24.3 Å². The Morgan fingerprint density at radius 3 is 2.46 bits per heavy atom. The van der Waals surface area contributed by atoms with Gasteiger partial charge >= 0.3 is 6.09 Å². The Hall–Kier alpha value is -2.28. The summed E-state index contributed by atoms with van der Waals surface area (Å²) < 4.78 is 4.93. The van der Waals surface area contributed by atoms with Gasteiger partial charge in [-0.1, -0.05) is 17.7 Å². The van der Waals surface area contributed by atoms with Crippen LogP contribution in [-0.2, 0) is 14.3 Å². The van der Waals surface area contributed by atoms with Gasteiger partial charge in [0.05, 0.1) is 6.61 Å². The minimum absolute atomic E-state index is 0.244. The van der Waals surface area contributed by atoms with Gasteiger partial charge in [0, 0.05) is 36.9 Å². The molecule has 0 radical (unpaired) electrons. The van der Waals surface area contributed by atoms with Gasteiger partial charge in [0.15, 0.2) is 0 Å². The molecule has 3 amide bonds. The Labute approximate surface area is 145 Å². The van der Waals surface area contributed by atoms with Crippen LogP contribution in [0, 0.1) is 0 Å². The summed E-state index contributed by atoms with van der Waals surface area (Å²) in [5.41, 5.74) is 0.549. The number of hydrogen-bond acceptors (Lipinski definition) is 4. The molecule has 7 nitrogen and oxygen atoms in total. The molecule has 1 aromatic carbocycles. The van der Waals surface area contributed by atoms with Crippen molar-refractivity contribution in [1.29, 1.82) is 0 Å². The highest BCUT2D eigenvalue weighted by Gasteiger charge is 2.25. The van der Waals surface area contributed by atoms with Crippen LogP contribution in [0.25, 0.3) is 0 Å². The van der Waals surface area contributed by atoms with Crippen LogP contribution in [0.5, 0.6) is 0 Å². The van der Waals surface area contributed by atoms with Crippen molar-refractivity contribution in [3.05, 3.63) is 29.3 Å². The highest BCUT2D eigenvalue weighted by molar-refractivity contribution is 6.30. The molecule has 8 heteroatoms. The molecule has 130 valence electrons. The molecule has 2 rings (SSSR count). The minimum Gasteiger partial charge on any atom is -0.450 e. The van der Waals surface area contributed by atoms with Crippen LogP contribution < -0.4 is 5.32 Å². The second-order valence-corrected chi connectivity index (χ2v) is 5.74. The number of amides is 3. The van der Waals surface area contributed by atoms with Gasteiger partial charge in [0.25, 0.3) is 0 Å². The zero-order valence-electron chi connectivity index (χ0n) is 13.5. The first-order valence-corrected chi connectivity index (χ1v) is 8.12. The number of carbonyl (C=O) groups is 3. The molecule has 0 atom stereocenters. The SMILES string of the molecule is CCOC(=O)N1CCN(C(=O)CC(=O)Nc2cccc(Cl)c2)CC1. The highest BCUT2D eigenvalue weighted by Crippen LogP contribution is 2.15. The molecule has 0 spiro atoms. The Balaban J connectivity index is 1.79. The predicted octanol–water partition coefficient (Wildman–Crippen LogP) is 1.97.